The molecule has 1 N–H and O–H groups in total. The highest BCUT2D eigenvalue weighted by Gasteiger charge is 2.12. The molecule has 1 amide bonds. The van der Waals surface area contributed by atoms with Crippen molar-refractivity contribution in [3.63, 3.8) is 0 Å². The second kappa shape index (κ2) is 4.80. The first-order chi connectivity index (χ1) is 5.91. The first-order valence-corrected chi connectivity index (χ1v) is 5.46. The van der Waals surface area contributed by atoms with Crippen molar-refractivity contribution in [1.29, 1.82) is 0 Å². The van der Waals surface area contributed by atoms with Gasteiger partial charge in [-0.3, -0.25) is 4.84 Å². The molecular weight excluding hydrogens is 196 g/mol. The minimum Gasteiger partial charge on any atom is -0.323 e. The molecule has 6 nitrogen and oxygen atoms in total. The molecule has 0 unspecified atom stereocenters. The van der Waals surface area contributed by atoms with Gasteiger partial charge in [0.15, 0.2) is 14.9 Å². The fourth-order valence-electron chi connectivity index (χ4n) is 0.532. The minimum absolute atomic E-state index is 0.156. The number of sulfone groups is 1. The molecule has 0 aliphatic carbocycles. The van der Waals surface area contributed by atoms with Gasteiger partial charge in [-0.15, -0.1) is 0 Å². The monoisotopic (exact) mass is 208 g/mol. The Kier molecular flexibility index (Phi) is 4.39. The summed E-state index contributed by atoms with van der Waals surface area (Å²) in [5.41, 5.74) is 0. The van der Waals surface area contributed by atoms with Crippen LogP contribution in [0.4, 0.5) is 4.79 Å². The molecule has 0 aromatic heterocycles. The van der Waals surface area contributed by atoms with Crippen molar-refractivity contribution in [2.24, 2.45) is 5.16 Å². The SMILES string of the molecule is CCC(=NOC(=O)NC)S(C)(=O)=O. The summed E-state index contributed by atoms with van der Waals surface area (Å²) in [6.07, 6.45) is 0.396. The zero-order chi connectivity index (χ0) is 10.5. The third-order valence-corrected chi connectivity index (χ3v) is 2.38. The van der Waals surface area contributed by atoms with Gasteiger partial charge in [0, 0.05) is 19.7 Å². The Bertz CT molecular complexity index is 307. The van der Waals surface area contributed by atoms with E-state index < -0.39 is 15.9 Å². The highest BCUT2D eigenvalue weighted by Crippen LogP contribution is 1.96. The largest absolute Gasteiger partial charge is 0.433 e. The van der Waals surface area contributed by atoms with Crippen LogP contribution in [0.15, 0.2) is 5.16 Å². The van der Waals surface area contributed by atoms with E-state index in [0.717, 1.165) is 6.26 Å². The van der Waals surface area contributed by atoms with Crippen LogP contribution < -0.4 is 5.32 Å². The maximum absolute atomic E-state index is 10.9. The summed E-state index contributed by atoms with van der Waals surface area (Å²) >= 11 is 0. The molecule has 0 saturated heterocycles. The highest BCUT2D eigenvalue weighted by atomic mass is 32.2. The third-order valence-electron chi connectivity index (χ3n) is 1.16. The van der Waals surface area contributed by atoms with E-state index in [4.69, 9.17) is 0 Å². The van der Waals surface area contributed by atoms with Crippen molar-refractivity contribution in [1.82, 2.24) is 5.32 Å². The van der Waals surface area contributed by atoms with Crippen molar-refractivity contribution in [3.05, 3.63) is 0 Å². The van der Waals surface area contributed by atoms with Crippen molar-refractivity contribution < 1.29 is 18.0 Å². The molecule has 0 spiro atoms. The number of oxime groups is 1. The number of carbonyl (C=O) groups excluding carboxylic acids is 1. The Morgan fingerprint density at radius 3 is 2.38 bits per heavy atom. The molecule has 0 bridgehead atoms. The molecule has 0 aromatic rings. The van der Waals surface area contributed by atoms with Crippen LogP contribution in [0, 0.1) is 0 Å². The van der Waals surface area contributed by atoms with Gasteiger partial charge in [-0.2, -0.15) is 0 Å². The van der Waals surface area contributed by atoms with Gasteiger partial charge < -0.3 is 5.32 Å². The Balaban J connectivity index is 4.52. The fraction of sp³-hybridized carbons (Fsp3) is 0.667. The van der Waals surface area contributed by atoms with Gasteiger partial charge >= 0.3 is 6.09 Å². The number of nitrogens with one attached hydrogen (secondary N) is 1. The van der Waals surface area contributed by atoms with Gasteiger partial charge in [0.2, 0.25) is 0 Å². The van der Waals surface area contributed by atoms with E-state index in [-0.39, 0.29) is 11.5 Å². The third kappa shape index (κ3) is 4.46. The lowest BCUT2D eigenvalue weighted by atomic mass is 10.5. The van der Waals surface area contributed by atoms with E-state index in [1.165, 1.54) is 7.05 Å². The van der Waals surface area contributed by atoms with Crippen LogP contribution in [0.5, 0.6) is 0 Å². The molecule has 0 saturated carbocycles. The molecule has 0 radical (unpaired) electrons. The first kappa shape index (κ1) is 11.9. The molecule has 0 aliphatic rings. The molecule has 0 atom stereocenters. The summed E-state index contributed by atoms with van der Waals surface area (Å²) < 4.78 is 21.8. The van der Waals surface area contributed by atoms with E-state index in [9.17, 15) is 13.2 Å². The summed E-state index contributed by atoms with van der Waals surface area (Å²) in [4.78, 5) is 14.8. The predicted octanol–water partition coefficient (Wildman–Crippen LogP) is 0.111. The standard InChI is InChI=1S/C6H12N2O4S/c1-4-5(13(3,10)11)8-12-6(9)7-2/h4H2,1-3H3,(H,7,9). The van der Waals surface area contributed by atoms with Gasteiger partial charge in [-0.05, 0) is 0 Å². The van der Waals surface area contributed by atoms with E-state index in [1.54, 1.807) is 6.92 Å². The minimum atomic E-state index is -3.37. The number of carbonyl (C=O) groups is 1. The Labute approximate surface area is 76.9 Å². The van der Waals surface area contributed by atoms with Crippen LogP contribution >= 0.6 is 0 Å². The molecule has 0 rings (SSSR count). The smallest absolute Gasteiger partial charge is 0.323 e. The average molecular weight is 208 g/mol. The number of amides is 1. The molecule has 7 heteroatoms. The van der Waals surface area contributed by atoms with Gasteiger partial charge in [0.05, 0.1) is 0 Å². The average Bonchev–Trinajstić information content (AvgIpc) is 2.02. The molecular formula is C6H12N2O4S. The van der Waals surface area contributed by atoms with Gasteiger partial charge in [-0.25, -0.2) is 13.2 Å². The van der Waals surface area contributed by atoms with Gasteiger partial charge in [0.1, 0.15) is 0 Å². The summed E-state index contributed by atoms with van der Waals surface area (Å²) in [5, 5.41) is 5.18. The highest BCUT2D eigenvalue weighted by molar-refractivity contribution is 8.05. The molecule has 0 heterocycles. The summed E-state index contributed by atoms with van der Waals surface area (Å²) in [7, 11) is -2.02. The lowest BCUT2D eigenvalue weighted by molar-refractivity contribution is 0.153. The Morgan fingerprint density at radius 1 is 1.54 bits per heavy atom. The summed E-state index contributed by atoms with van der Waals surface area (Å²) in [6.45, 7) is 1.60. The lowest BCUT2D eigenvalue weighted by Gasteiger charge is -1.99. The maximum Gasteiger partial charge on any atom is 0.433 e. The zero-order valence-electron chi connectivity index (χ0n) is 7.70. The summed E-state index contributed by atoms with van der Waals surface area (Å²) in [6, 6.07) is 0. The van der Waals surface area contributed by atoms with Crippen LogP contribution in [-0.2, 0) is 14.7 Å². The normalized spacial score (nSPS) is 12.4. The van der Waals surface area contributed by atoms with Gasteiger partial charge in [-0.1, -0.05) is 12.1 Å². The Hall–Kier alpha value is -1.11. The molecule has 0 fully saturated rings. The van der Waals surface area contributed by atoms with Crippen molar-refractivity contribution in [2.45, 2.75) is 13.3 Å². The number of hydrogen-bond donors (Lipinski definition) is 1. The van der Waals surface area contributed by atoms with Crippen LogP contribution in [0.25, 0.3) is 0 Å². The van der Waals surface area contributed by atoms with Crippen molar-refractivity contribution in [2.75, 3.05) is 13.3 Å². The zero-order valence-corrected chi connectivity index (χ0v) is 8.51. The van der Waals surface area contributed by atoms with E-state index in [2.05, 4.69) is 15.3 Å². The topological polar surface area (TPSA) is 84.8 Å². The van der Waals surface area contributed by atoms with Crippen LogP contribution in [0.3, 0.4) is 0 Å². The number of nitrogens with zero attached hydrogens (tertiary/aromatic N) is 1. The van der Waals surface area contributed by atoms with Gasteiger partial charge in [0.25, 0.3) is 0 Å². The predicted molar refractivity (Wildman–Crippen MR) is 48.1 cm³/mol. The van der Waals surface area contributed by atoms with E-state index >= 15 is 0 Å². The Morgan fingerprint density at radius 2 is 2.08 bits per heavy atom. The molecule has 0 aromatic carbocycles. The maximum atomic E-state index is 10.9. The van der Waals surface area contributed by atoms with Crippen molar-refractivity contribution in [3.8, 4) is 0 Å². The molecule has 13 heavy (non-hydrogen) atoms. The van der Waals surface area contributed by atoms with Crippen LogP contribution in [0.1, 0.15) is 13.3 Å². The second-order valence-corrected chi connectivity index (χ2v) is 4.26. The first-order valence-electron chi connectivity index (χ1n) is 3.57. The van der Waals surface area contributed by atoms with E-state index in [0.29, 0.717) is 0 Å². The van der Waals surface area contributed by atoms with Crippen LogP contribution in [-0.4, -0.2) is 32.9 Å². The fourth-order valence-corrected chi connectivity index (χ4v) is 1.23. The lowest BCUT2D eigenvalue weighted by Crippen LogP contribution is -2.19. The van der Waals surface area contributed by atoms with E-state index in [1.807, 2.05) is 0 Å². The summed E-state index contributed by atoms with van der Waals surface area (Å²) in [5.74, 6) is 0. The number of rotatable bonds is 2. The number of hydrogen-bond acceptors (Lipinski definition) is 5. The van der Waals surface area contributed by atoms with Crippen molar-refractivity contribution >= 4 is 21.0 Å². The second-order valence-electron chi connectivity index (χ2n) is 2.24. The quantitative estimate of drug-likeness (QED) is 0.302. The molecule has 76 valence electrons. The molecule has 0 aliphatic heterocycles. The van der Waals surface area contributed by atoms with Crippen LogP contribution in [0.2, 0.25) is 0 Å².